The van der Waals surface area contributed by atoms with Crippen LogP contribution in [0.1, 0.15) is 16.7 Å². The number of halogens is 1. The van der Waals surface area contributed by atoms with Gasteiger partial charge < -0.3 is 10.8 Å². The van der Waals surface area contributed by atoms with Gasteiger partial charge in [0.2, 0.25) is 0 Å². The minimum absolute atomic E-state index is 0. The Morgan fingerprint density at radius 2 is 1.44 bits per heavy atom. The molecule has 2 aromatic rings. The molecule has 0 heterocycles. The summed E-state index contributed by atoms with van der Waals surface area (Å²) in [6.45, 7) is 6.22. The molecule has 0 unspecified atom stereocenters. The van der Waals surface area contributed by atoms with E-state index in [-0.39, 0.29) is 18.2 Å². The smallest absolute Gasteiger partial charge is 0.125 e. The van der Waals surface area contributed by atoms with Crippen LogP contribution in [0.25, 0.3) is 11.1 Å². The number of aryl methyl sites for hydroxylation is 3. The minimum atomic E-state index is 0. The molecule has 0 aliphatic heterocycles. The van der Waals surface area contributed by atoms with Crippen molar-refractivity contribution in [3.8, 4) is 16.9 Å². The second-order valence-electron chi connectivity index (χ2n) is 4.53. The zero-order valence-corrected chi connectivity index (χ0v) is 11.6. The first-order valence-electron chi connectivity index (χ1n) is 5.66. The Morgan fingerprint density at radius 1 is 0.833 bits per heavy atom. The van der Waals surface area contributed by atoms with Gasteiger partial charge in [0.15, 0.2) is 0 Å². The summed E-state index contributed by atoms with van der Waals surface area (Å²) in [5.41, 5.74) is 11.8. The van der Waals surface area contributed by atoms with Gasteiger partial charge in [-0.2, -0.15) is 0 Å². The van der Waals surface area contributed by atoms with E-state index in [0.717, 1.165) is 16.7 Å². The van der Waals surface area contributed by atoms with Crippen LogP contribution < -0.4 is 5.73 Å². The Kier molecular flexibility index (Phi) is 4.25. The van der Waals surface area contributed by atoms with Gasteiger partial charge in [-0.25, -0.2) is 0 Å². The van der Waals surface area contributed by atoms with Crippen molar-refractivity contribution in [2.24, 2.45) is 0 Å². The maximum atomic E-state index is 9.95. The van der Waals surface area contributed by atoms with Gasteiger partial charge in [-0.05, 0) is 55.2 Å². The number of phenolic OH excluding ortho intramolecular Hbond substituents is 1. The number of nitrogen functional groups attached to an aromatic ring is 1. The van der Waals surface area contributed by atoms with Crippen LogP contribution in [0, 0.1) is 20.8 Å². The van der Waals surface area contributed by atoms with E-state index < -0.39 is 0 Å². The molecule has 0 spiro atoms. The van der Waals surface area contributed by atoms with E-state index in [9.17, 15) is 5.11 Å². The van der Waals surface area contributed by atoms with E-state index in [2.05, 4.69) is 32.9 Å². The van der Waals surface area contributed by atoms with Crippen molar-refractivity contribution < 1.29 is 5.11 Å². The van der Waals surface area contributed by atoms with Crippen LogP contribution in [0.3, 0.4) is 0 Å². The zero-order chi connectivity index (χ0) is 12.6. The highest BCUT2D eigenvalue weighted by molar-refractivity contribution is 5.85. The number of anilines is 1. The second kappa shape index (κ2) is 5.32. The molecule has 96 valence electrons. The summed E-state index contributed by atoms with van der Waals surface area (Å²) < 4.78 is 0. The molecule has 18 heavy (non-hydrogen) atoms. The molecule has 0 amide bonds. The molecular formula is C15H18ClNO. The van der Waals surface area contributed by atoms with Crippen LogP contribution >= 0.6 is 12.4 Å². The lowest BCUT2D eigenvalue weighted by Gasteiger charge is -2.12. The Bertz CT molecular complexity index is 579. The minimum Gasteiger partial charge on any atom is -0.507 e. The summed E-state index contributed by atoms with van der Waals surface area (Å²) >= 11 is 0. The lowest BCUT2D eigenvalue weighted by Crippen LogP contribution is -1.90. The summed E-state index contributed by atoms with van der Waals surface area (Å²) in [7, 11) is 0. The fourth-order valence-corrected chi connectivity index (χ4v) is 2.03. The van der Waals surface area contributed by atoms with E-state index in [4.69, 9.17) is 5.73 Å². The molecule has 0 saturated carbocycles. The average Bonchev–Trinajstić information content (AvgIpc) is 2.24. The van der Waals surface area contributed by atoms with Crippen LogP contribution in [0.15, 0.2) is 30.3 Å². The third kappa shape index (κ3) is 2.59. The van der Waals surface area contributed by atoms with E-state index in [0.29, 0.717) is 5.69 Å². The molecule has 3 N–H and O–H groups in total. The highest BCUT2D eigenvalue weighted by Crippen LogP contribution is 2.34. The Balaban J connectivity index is 0.00000162. The molecule has 0 atom stereocenters. The van der Waals surface area contributed by atoms with Gasteiger partial charge in [-0.1, -0.05) is 12.1 Å². The van der Waals surface area contributed by atoms with Gasteiger partial charge in [-0.3, -0.25) is 0 Å². The molecule has 0 fully saturated rings. The fourth-order valence-electron chi connectivity index (χ4n) is 2.03. The normalized spacial score (nSPS) is 9.94. The predicted molar refractivity (Wildman–Crippen MR) is 79.4 cm³/mol. The van der Waals surface area contributed by atoms with Gasteiger partial charge in [0, 0.05) is 17.3 Å². The molecule has 3 heteroatoms. The van der Waals surface area contributed by atoms with Crippen molar-refractivity contribution in [2.75, 3.05) is 5.73 Å². The molecule has 0 aliphatic rings. The molecule has 2 aromatic carbocycles. The van der Waals surface area contributed by atoms with Crippen molar-refractivity contribution in [3.63, 3.8) is 0 Å². The van der Waals surface area contributed by atoms with Crippen LogP contribution in [0.2, 0.25) is 0 Å². The van der Waals surface area contributed by atoms with Crippen molar-refractivity contribution in [2.45, 2.75) is 20.8 Å². The third-order valence-electron chi connectivity index (χ3n) is 3.15. The maximum Gasteiger partial charge on any atom is 0.125 e. The van der Waals surface area contributed by atoms with E-state index in [1.54, 1.807) is 6.07 Å². The van der Waals surface area contributed by atoms with Gasteiger partial charge >= 0.3 is 0 Å². The Morgan fingerprint density at radius 3 is 2.06 bits per heavy atom. The van der Waals surface area contributed by atoms with E-state index in [1.807, 2.05) is 12.1 Å². The highest BCUT2D eigenvalue weighted by atomic mass is 35.5. The Labute approximate surface area is 114 Å². The maximum absolute atomic E-state index is 9.95. The average molecular weight is 264 g/mol. The van der Waals surface area contributed by atoms with E-state index in [1.165, 1.54) is 11.1 Å². The monoisotopic (exact) mass is 263 g/mol. The number of hydrogen-bond acceptors (Lipinski definition) is 2. The standard InChI is InChI=1S/C15H17NO.ClH/c1-9-6-11(3)14(7-10(9)2)13-5-4-12(16)8-15(13)17;/h4-8,17H,16H2,1-3H3;1H. The highest BCUT2D eigenvalue weighted by Gasteiger charge is 2.08. The molecule has 0 saturated heterocycles. The van der Waals surface area contributed by atoms with Gasteiger partial charge in [-0.15, -0.1) is 12.4 Å². The van der Waals surface area contributed by atoms with E-state index >= 15 is 0 Å². The van der Waals surface area contributed by atoms with Crippen LogP contribution in [0.4, 0.5) is 5.69 Å². The summed E-state index contributed by atoms with van der Waals surface area (Å²) in [4.78, 5) is 0. The number of benzene rings is 2. The molecule has 0 radical (unpaired) electrons. The van der Waals surface area contributed by atoms with Gasteiger partial charge in [0.1, 0.15) is 5.75 Å². The van der Waals surface area contributed by atoms with Gasteiger partial charge in [0.25, 0.3) is 0 Å². The number of aromatic hydroxyl groups is 1. The predicted octanol–water partition coefficient (Wildman–Crippen LogP) is 3.99. The number of nitrogens with two attached hydrogens (primary N) is 1. The first-order chi connectivity index (χ1) is 7.99. The number of rotatable bonds is 1. The van der Waals surface area contributed by atoms with Crippen LogP contribution in [0.5, 0.6) is 5.75 Å². The van der Waals surface area contributed by atoms with Crippen molar-refractivity contribution >= 4 is 18.1 Å². The topological polar surface area (TPSA) is 46.2 Å². The largest absolute Gasteiger partial charge is 0.507 e. The molecule has 2 nitrogen and oxygen atoms in total. The third-order valence-corrected chi connectivity index (χ3v) is 3.15. The molecule has 0 aliphatic carbocycles. The molecule has 2 rings (SSSR count). The van der Waals surface area contributed by atoms with Crippen molar-refractivity contribution in [3.05, 3.63) is 47.0 Å². The van der Waals surface area contributed by atoms with Gasteiger partial charge in [0.05, 0.1) is 0 Å². The van der Waals surface area contributed by atoms with Crippen LogP contribution in [-0.4, -0.2) is 5.11 Å². The first kappa shape index (κ1) is 14.4. The number of hydrogen-bond donors (Lipinski definition) is 2. The van der Waals surface area contributed by atoms with Crippen molar-refractivity contribution in [1.29, 1.82) is 0 Å². The summed E-state index contributed by atoms with van der Waals surface area (Å²) in [6.07, 6.45) is 0. The summed E-state index contributed by atoms with van der Waals surface area (Å²) in [5.74, 6) is 0.233. The Hall–Kier alpha value is -1.67. The fraction of sp³-hybridized carbons (Fsp3) is 0.200. The first-order valence-corrected chi connectivity index (χ1v) is 5.66. The lowest BCUT2D eigenvalue weighted by atomic mass is 9.95. The lowest BCUT2D eigenvalue weighted by molar-refractivity contribution is 0.477. The van der Waals surface area contributed by atoms with Crippen LogP contribution in [-0.2, 0) is 0 Å². The summed E-state index contributed by atoms with van der Waals surface area (Å²) in [6, 6.07) is 9.51. The second-order valence-corrected chi connectivity index (χ2v) is 4.53. The zero-order valence-electron chi connectivity index (χ0n) is 10.8. The quantitative estimate of drug-likeness (QED) is 0.764. The number of phenols is 1. The molecule has 0 aromatic heterocycles. The molecular weight excluding hydrogens is 246 g/mol. The SMILES string of the molecule is Cc1cc(C)c(-c2ccc(N)cc2O)cc1C.Cl. The summed E-state index contributed by atoms with van der Waals surface area (Å²) in [5, 5.41) is 9.95. The van der Waals surface area contributed by atoms with Crippen molar-refractivity contribution in [1.82, 2.24) is 0 Å². The molecule has 0 bridgehead atoms.